The molecule has 3 atom stereocenters. The topological polar surface area (TPSA) is 52.6 Å². The second-order valence-corrected chi connectivity index (χ2v) is 7.60. The summed E-state index contributed by atoms with van der Waals surface area (Å²) in [4.78, 5) is 24.2. The second-order valence-electron chi connectivity index (χ2n) is 7.29. The van der Waals surface area contributed by atoms with E-state index in [0.29, 0.717) is 18.4 Å². The monoisotopic (exact) mass is 328 g/mol. The summed E-state index contributed by atoms with van der Waals surface area (Å²) in [5, 5.41) is 0. The molecule has 0 heterocycles. The number of thiol groups is 1. The van der Waals surface area contributed by atoms with Crippen LogP contribution in [-0.2, 0) is 19.1 Å². The third-order valence-corrected chi connectivity index (χ3v) is 4.25. The molecule has 1 aliphatic rings. The van der Waals surface area contributed by atoms with E-state index in [1.54, 1.807) is 6.92 Å². The van der Waals surface area contributed by atoms with Gasteiger partial charge < -0.3 is 9.47 Å². The van der Waals surface area contributed by atoms with Crippen LogP contribution in [0.3, 0.4) is 0 Å². The highest BCUT2D eigenvalue weighted by molar-refractivity contribution is 7.81. The zero-order valence-corrected chi connectivity index (χ0v) is 15.2. The SMILES string of the molecule is C=C(C)C(=O)OC1(C)CCC(OC(C)(C)C)CC1C(=O)CS. The lowest BCUT2D eigenvalue weighted by Crippen LogP contribution is -2.50. The first-order chi connectivity index (χ1) is 9.98. The smallest absolute Gasteiger partial charge is 0.333 e. The van der Waals surface area contributed by atoms with Crippen molar-refractivity contribution >= 4 is 24.4 Å². The van der Waals surface area contributed by atoms with Crippen molar-refractivity contribution < 1.29 is 19.1 Å². The summed E-state index contributed by atoms with van der Waals surface area (Å²) in [6, 6.07) is 0. The lowest BCUT2D eigenvalue weighted by atomic mass is 9.73. The largest absolute Gasteiger partial charge is 0.455 e. The Bertz CT molecular complexity index is 452. The van der Waals surface area contributed by atoms with Crippen molar-refractivity contribution in [3.63, 3.8) is 0 Å². The molecule has 0 saturated heterocycles. The normalized spacial score (nSPS) is 29.0. The van der Waals surface area contributed by atoms with Gasteiger partial charge in [0.2, 0.25) is 0 Å². The van der Waals surface area contributed by atoms with E-state index in [-0.39, 0.29) is 23.2 Å². The van der Waals surface area contributed by atoms with E-state index in [4.69, 9.17) is 9.47 Å². The van der Waals surface area contributed by atoms with Crippen molar-refractivity contribution in [3.8, 4) is 0 Å². The van der Waals surface area contributed by atoms with Crippen molar-refractivity contribution in [1.82, 2.24) is 0 Å². The molecule has 0 aromatic rings. The summed E-state index contributed by atoms with van der Waals surface area (Å²) in [7, 11) is 0. The van der Waals surface area contributed by atoms with Gasteiger partial charge in [0, 0.05) is 11.3 Å². The van der Waals surface area contributed by atoms with Crippen LogP contribution in [0, 0.1) is 5.92 Å². The number of Topliss-reactive ketones (excluding diaryl/α,β-unsaturated/α-hetero) is 1. The molecule has 0 radical (unpaired) electrons. The van der Waals surface area contributed by atoms with E-state index in [1.807, 2.05) is 27.7 Å². The molecule has 0 aliphatic heterocycles. The lowest BCUT2D eigenvalue weighted by molar-refractivity contribution is -0.176. The maximum Gasteiger partial charge on any atom is 0.333 e. The fourth-order valence-corrected chi connectivity index (χ4v) is 3.08. The molecule has 1 saturated carbocycles. The molecule has 0 spiro atoms. The lowest BCUT2D eigenvalue weighted by Gasteiger charge is -2.44. The van der Waals surface area contributed by atoms with Crippen molar-refractivity contribution in [3.05, 3.63) is 12.2 Å². The molecular weight excluding hydrogens is 300 g/mol. The Morgan fingerprint density at radius 2 is 1.95 bits per heavy atom. The second kappa shape index (κ2) is 7.18. The van der Waals surface area contributed by atoms with Crippen LogP contribution < -0.4 is 0 Å². The molecule has 126 valence electrons. The molecule has 5 heteroatoms. The van der Waals surface area contributed by atoms with Crippen LogP contribution in [0.1, 0.15) is 53.9 Å². The minimum Gasteiger partial charge on any atom is -0.455 e. The van der Waals surface area contributed by atoms with E-state index < -0.39 is 17.5 Å². The fourth-order valence-electron chi connectivity index (χ4n) is 2.86. The standard InChI is InChI=1S/C17H28O4S/c1-11(2)15(19)21-17(6)8-7-12(20-16(3,4)5)9-13(17)14(18)10-22/h12-13,22H,1,7-10H2,2-6H3. The van der Waals surface area contributed by atoms with E-state index in [9.17, 15) is 9.59 Å². The van der Waals surface area contributed by atoms with Gasteiger partial charge in [0.05, 0.1) is 17.6 Å². The maximum atomic E-state index is 12.3. The third-order valence-electron chi connectivity index (χ3n) is 3.94. The number of ether oxygens (including phenoxy) is 2. The number of esters is 1. The predicted molar refractivity (Wildman–Crippen MR) is 90.1 cm³/mol. The summed E-state index contributed by atoms with van der Waals surface area (Å²) < 4.78 is 11.6. The molecule has 0 aromatic carbocycles. The average Bonchev–Trinajstić information content (AvgIpc) is 2.38. The Hall–Kier alpha value is -0.810. The van der Waals surface area contributed by atoms with Crippen LogP contribution in [0.5, 0.6) is 0 Å². The summed E-state index contributed by atoms with van der Waals surface area (Å²) in [6.07, 6.45) is 1.90. The highest BCUT2D eigenvalue weighted by Gasteiger charge is 2.47. The molecule has 1 aliphatic carbocycles. The minimum atomic E-state index is -0.812. The molecular formula is C17H28O4S. The van der Waals surface area contributed by atoms with Crippen LogP contribution in [0.2, 0.25) is 0 Å². The summed E-state index contributed by atoms with van der Waals surface area (Å²) in [5.41, 5.74) is -0.735. The van der Waals surface area contributed by atoms with Crippen LogP contribution in [0.25, 0.3) is 0 Å². The first-order valence-corrected chi connectivity index (χ1v) is 8.32. The fraction of sp³-hybridized carbons (Fsp3) is 0.765. The number of carbonyl (C=O) groups excluding carboxylic acids is 2. The molecule has 3 unspecified atom stereocenters. The molecule has 0 bridgehead atoms. The molecule has 0 aromatic heterocycles. The highest BCUT2D eigenvalue weighted by Crippen LogP contribution is 2.40. The minimum absolute atomic E-state index is 0.00885. The van der Waals surface area contributed by atoms with E-state index in [1.165, 1.54) is 0 Å². The number of hydrogen-bond donors (Lipinski definition) is 1. The third kappa shape index (κ3) is 5.13. The molecule has 4 nitrogen and oxygen atoms in total. The van der Waals surface area contributed by atoms with Crippen molar-refractivity contribution in [1.29, 1.82) is 0 Å². The van der Waals surface area contributed by atoms with Crippen LogP contribution in [-0.4, -0.2) is 34.8 Å². The molecule has 22 heavy (non-hydrogen) atoms. The van der Waals surface area contributed by atoms with E-state index in [0.717, 1.165) is 6.42 Å². The molecule has 0 N–H and O–H groups in total. The van der Waals surface area contributed by atoms with Gasteiger partial charge in [-0.2, -0.15) is 12.6 Å². The van der Waals surface area contributed by atoms with Gasteiger partial charge in [-0.3, -0.25) is 4.79 Å². The van der Waals surface area contributed by atoms with Gasteiger partial charge in [-0.15, -0.1) is 0 Å². The van der Waals surface area contributed by atoms with Gasteiger partial charge >= 0.3 is 5.97 Å². The average molecular weight is 328 g/mol. The zero-order valence-electron chi connectivity index (χ0n) is 14.3. The Morgan fingerprint density at radius 3 is 2.41 bits per heavy atom. The Balaban J connectivity index is 2.92. The van der Waals surface area contributed by atoms with Gasteiger partial charge in [0.1, 0.15) is 11.4 Å². The summed E-state index contributed by atoms with van der Waals surface area (Å²) in [6.45, 7) is 13.0. The maximum absolute atomic E-state index is 12.3. The van der Waals surface area contributed by atoms with Crippen LogP contribution in [0.15, 0.2) is 12.2 Å². The molecule has 1 rings (SSSR count). The number of rotatable bonds is 5. The Morgan fingerprint density at radius 1 is 1.36 bits per heavy atom. The highest BCUT2D eigenvalue weighted by atomic mass is 32.1. The quantitative estimate of drug-likeness (QED) is 0.478. The van der Waals surface area contributed by atoms with Crippen molar-refractivity contribution in [2.45, 2.75) is 71.2 Å². The van der Waals surface area contributed by atoms with Gasteiger partial charge in [0.15, 0.2) is 0 Å². The molecule has 1 fully saturated rings. The van der Waals surface area contributed by atoms with Crippen molar-refractivity contribution in [2.75, 3.05) is 5.75 Å². The van der Waals surface area contributed by atoms with Gasteiger partial charge in [-0.1, -0.05) is 6.58 Å². The Labute approximate surface area is 139 Å². The molecule has 0 amide bonds. The van der Waals surface area contributed by atoms with Crippen molar-refractivity contribution in [2.24, 2.45) is 5.92 Å². The van der Waals surface area contributed by atoms with Crippen LogP contribution >= 0.6 is 12.6 Å². The Kier molecular flexibility index (Phi) is 6.27. The number of ketones is 1. The predicted octanol–water partition coefficient (Wildman–Crippen LogP) is 3.35. The van der Waals surface area contributed by atoms with E-state index in [2.05, 4.69) is 19.2 Å². The summed E-state index contributed by atoms with van der Waals surface area (Å²) >= 11 is 4.10. The first kappa shape index (κ1) is 19.2. The number of hydrogen-bond acceptors (Lipinski definition) is 5. The first-order valence-electron chi connectivity index (χ1n) is 7.69. The zero-order chi connectivity index (χ0) is 17.1. The summed E-state index contributed by atoms with van der Waals surface area (Å²) in [5.74, 6) is -0.723. The van der Waals surface area contributed by atoms with Gasteiger partial charge in [-0.05, 0) is 53.9 Å². The van der Waals surface area contributed by atoms with Gasteiger partial charge in [0.25, 0.3) is 0 Å². The van der Waals surface area contributed by atoms with Gasteiger partial charge in [-0.25, -0.2) is 4.79 Å². The van der Waals surface area contributed by atoms with Crippen LogP contribution in [0.4, 0.5) is 0 Å². The van der Waals surface area contributed by atoms with E-state index >= 15 is 0 Å². The number of carbonyl (C=O) groups is 2.